The highest BCUT2D eigenvalue weighted by atomic mass is 32.2. The largest absolute Gasteiger partial charge is 0.497 e. The summed E-state index contributed by atoms with van der Waals surface area (Å²) < 4.78 is 35.5. The fourth-order valence-electron chi connectivity index (χ4n) is 3.38. The van der Waals surface area contributed by atoms with Gasteiger partial charge >= 0.3 is 5.97 Å². The van der Waals surface area contributed by atoms with E-state index in [0.717, 1.165) is 0 Å². The van der Waals surface area contributed by atoms with Gasteiger partial charge in [0.25, 0.3) is 5.91 Å². The first kappa shape index (κ1) is 20.9. The fourth-order valence-corrected chi connectivity index (χ4v) is 5.11. The van der Waals surface area contributed by atoms with E-state index in [1.807, 2.05) is 0 Å². The maximum absolute atomic E-state index is 12.9. The SMILES string of the molecule is COC(=O)c1ccc(C(=O)N2CCC(S(=O)(=O)c3ccc(OC)cc3)CC2)cc1. The topological polar surface area (TPSA) is 90.0 Å². The molecule has 1 aliphatic heterocycles. The number of ether oxygens (including phenoxy) is 2. The van der Waals surface area contributed by atoms with E-state index < -0.39 is 21.1 Å². The summed E-state index contributed by atoms with van der Waals surface area (Å²) in [5.41, 5.74) is 0.822. The molecule has 2 aromatic carbocycles. The molecule has 7 nitrogen and oxygen atoms in total. The zero-order valence-electron chi connectivity index (χ0n) is 16.3. The summed E-state index contributed by atoms with van der Waals surface area (Å²) in [5, 5.41) is -0.526. The molecule has 1 heterocycles. The number of piperidine rings is 1. The average molecular weight is 417 g/mol. The van der Waals surface area contributed by atoms with Crippen LogP contribution in [0.2, 0.25) is 0 Å². The van der Waals surface area contributed by atoms with Crippen molar-refractivity contribution in [3.05, 3.63) is 59.7 Å². The van der Waals surface area contributed by atoms with Crippen molar-refractivity contribution in [1.29, 1.82) is 0 Å². The molecule has 0 aliphatic carbocycles. The van der Waals surface area contributed by atoms with Gasteiger partial charge in [-0.25, -0.2) is 13.2 Å². The molecule has 154 valence electrons. The summed E-state index contributed by atoms with van der Waals surface area (Å²) in [7, 11) is -0.640. The van der Waals surface area contributed by atoms with Crippen molar-refractivity contribution in [3.63, 3.8) is 0 Å². The summed E-state index contributed by atoms with van der Waals surface area (Å²) in [4.78, 5) is 26.1. The minimum Gasteiger partial charge on any atom is -0.497 e. The summed E-state index contributed by atoms with van der Waals surface area (Å²) in [5.74, 6) is -0.0437. The van der Waals surface area contributed by atoms with Crippen molar-refractivity contribution in [1.82, 2.24) is 4.90 Å². The Morgan fingerprint density at radius 1 is 0.897 bits per heavy atom. The minimum atomic E-state index is -3.46. The van der Waals surface area contributed by atoms with Crippen LogP contribution in [0.3, 0.4) is 0 Å². The molecule has 1 saturated heterocycles. The number of likely N-dealkylation sites (tertiary alicyclic amines) is 1. The number of hydrogen-bond acceptors (Lipinski definition) is 6. The second-order valence-electron chi connectivity index (χ2n) is 6.78. The van der Waals surface area contributed by atoms with Gasteiger partial charge in [-0.1, -0.05) is 0 Å². The van der Waals surface area contributed by atoms with Crippen molar-refractivity contribution in [3.8, 4) is 5.75 Å². The molecule has 0 radical (unpaired) electrons. The van der Waals surface area contributed by atoms with Crippen LogP contribution in [0.5, 0.6) is 5.75 Å². The summed E-state index contributed by atoms with van der Waals surface area (Å²) >= 11 is 0. The second kappa shape index (κ2) is 8.65. The number of carbonyl (C=O) groups is 2. The van der Waals surface area contributed by atoms with Gasteiger partial charge in [-0.05, 0) is 61.4 Å². The van der Waals surface area contributed by atoms with Crippen LogP contribution in [0.15, 0.2) is 53.4 Å². The zero-order chi connectivity index (χ0) is 21.0. The zero-order valence-corrected chi connectivity index (χ0v) is 17.1. The van der Waals surface area contributed by atoms with E-state index in [9.17, 15) is 18.0 Å². The van der Waals surface area contributed by atoms with E-state index in [2.05, 4.69) is 4.74 Å². The normalized spacial score (nSPS) is 15.0. The predicted molar refractivity (Wildman–Crippen MR) is 107 cm³/mol. The second-order valence-corrected chi connectivity index (χ2v) is 9.01. The van der Waals surface area contributed by atoms with Crippen LogP contribution in [0.4, 0.5) is 0 Å². The van der Waals surface area contributed by atoms with Crippen molar-refractivity contribution in [2.75, 3.05) is 27.3 Å². The Kier molecular flexibility index (Phi) is 6.22. The predicted octanol–water partition coefficient (Wildman–Crippen LogP) is 2.56. The van der Waals surface area contributed by atoms with Gasteiger partial charge in [-0.15, -0.1) is 0 Å². The molecule has 0 unspecified atom stereocenters. The third-order valence-corrected chi connectivity index (χ3v) is 7.39. The number of amides is 1. The van der Waals surface area contributed by atoms with Crippen LogP contribution in [-0.4, -0.2) is 57.8 Å². The molecule has 1 amide bonds. The van der Waals surface area contributed by atoms with Crippen LogP contribution >= 0.6 is 0 Å². The van der Waals surface area contributed by atoms with Crippen molar-refractivity contribution in [2.24, 2.45) is 0 Å². The van der Waals surface area contributed by atoms with Crippen LogP contribution in [0.25, 0.3) is 0 Å². The van der Waals surface area contributed by atoms with Crippen molar-refractivity contribution < 1.29 is 27.5 Å². The number of sulfone groups is 1. The third kappa shape index (κ3) is 4.42. The summed E-state index contributed by atoms with van der Waals surface area (Å²) in [6, 6.07) is 12.6. The molecule has 0 saturated carbocycles. The van der Waals surface area contributed by atoms with Gasteiger partial charge in [0.05, 0.1) is 29.9 Å². The van der Waals surface area contributed by atoms with E-state index in [-0.39, 0.29) is 10.8 Å². The van der Waals surface area contributed by atoms with Crippen LogP contribution in [0.1, 0.15) is 33.6 Å². The van der Waals surface area contributed by atoms with Crippen LogP contribution < -0.4 is 4.74 Å². The van der Waals surface area contributed by atoms with Gasteiger partial charge in [0, 0.05) is 18.7 Å². The minimum absolute atomic E-state index is 0.179. The smallest absolute Gasteiger partial charge is 0.337 e. The molecule has 0 atom stereocenters. The standard InChI is InChI=1S/C21H23NO6S/c1-27-17-7-9-18(10-8-17)29(25,26)19-11-13-22(14-12-19)20(23)15-3-5-16(6-4-15)21(24)28-2/h3-10,19H,11-14H2,1-2H3. The van der Waals surface area contributed by atoms with Crippen LogP contribution in [-0.2, 0) is 14.6 Å². The molecule has 29 heavy (non-hydrogen) atoms. The Hall–Kier alpha value is -2.87. The van der Waals surface area contributed by atoms with Gasteiger partial charge in [-0.3, -0.25) is 4.79 Å². The molecule has 1 fully saturated rings. The van der Waals surface area contributed by atoms with Gasteiger partial charge < -0.3 is 14.4 Å². The molecule has 3 rings (SSSR count). The Morgan fingerprint density at radius 2 is 1.45 bits per heavy atom. The lowest BCUT2D eigenvalue weighted by atomic mass is 10.1. The van der Waals surface area contributed by atoms with Crippen molar-refractivity contribution >= 4 is 21.7 Å². The molecule has 8 heteroatoms. The maximum atomic E-state index is 12.9. The van der Waals surface area contributed by atoms with Crippen molar-refractivity contribution in [2.45, 2.75) is 23.0 Å². The summed E-state index contributed by atoms with van der Waals surface area (Å²) in [6.07, 6.45) is 0.751. The average Bonchev–Trinajstić information content (AvgIpc) is 2.78. The number of nitrogens with zero attached hydrogens (tertiary/aromatic N) is 1. The first-order valence-corrected chi connectivity index (χ1v) is 10.8. The van der Waals surface area contributed by atoms with Gasteiger partial charge in [0.15, 0.2) is 9.84 Å². The Balaban J connectivity index is 1.64. The van der Waals surface area contributed by atoms with Gasteiger partial charge in [-0.2, -0.15) is 0 Å². The first-order valence-electron chi connectivity index (χ1n) is 9.22. The number of hydrogen-bond donors (Lipinski definition) is 0. The lowest BCUT2D eigenvalue weighted by molar-refractivity contribution is 0.0599. The van der Waals surface area contributed by atoms with E-state index in [4.69, 9.17) is 4.74 Å². The monoisotopic (exact) mass is 417 g/mol. The molecule has 0 bridgehead atoms. The number of rotatable bonds is 5. The molecular weight excluding hydrogens is 394 g/mol. The molecule has 2 aromatic rings. The Labute approximate surface area is 170 Å². The molecular formula is C21H23NO6S. The maximum Gasteiger partial charge on any atom is 0.337 e. The van der Waals surface area contributed by atoms with E-state index in [0.29, 0.717) is 42.8 Å². The van der Waals surface area contributed by atoms with Gasteiger partial charge in [0.1, 0.15) is 5.75 Å². The molecule has 0 spiro atoms. The van der Waals surface area contributed by atoms with Gasteiger partial charge in [0.2, 0.25) is 0 Å². The number of methoxy groups -OCH3 is 2. The highest BCUT2D eigenvalue weighted by Crippen LogP contribution is 2.26. The fraction of sp³-hybridized carbons (Fsp3) is 0.333. The molecule has 0 N–H and O–H groups in total. The molecule has 0 aromatic heterocycles. The number of carbonyl (C=O) groups excluding carboxylic acids is 2. The lowest BCUT2D eigenvalue weighted by Crippen LogP contribution is -2.42. The number of benzene rings is 2. The van der Waals surface area contributed by atoms with E-state index in [1.54, 1.807) is 53.4 Å². The quantitative estimate of drug-likeness (QED) is 0.695. The Bertz CT molecular complexity index is 975. The summed E-state index contributed by atoms with van der Waals surface area (Å²) in [6.45, 7) is 0.718. The van der Waals surface area contributed by atoms with Crippen LogP contribution in [0, 0.1) is 0 Å². The number of esters is 1. The Morgan fingerprint density at radius 3 is 1.97 bits per heavy atom. The third-order valence-electron chi connectivity index (χ3n) is 5.11. The lowest BCUT2D eigenvalue weighted by Gasteiger charge is -2.31. The van der Waals surface area contributed by atoms with E-state index in [1.165, 1.54) is 14.2 Å². The highest BCUT2D eigenvalue weighted by Gasteiger charge is 2.33. The van der Waals surface area contributed by atoms with E-state index >= 15 is 0 Å². The highest BCUT2D eigenvalue weighted by molar-refractivity contribution is 7.92. The first-order chi connectivity index (χ1) is 13.9. The molecule has 1 aliphatic rings.